The number of carbonyl (C=O) groups is 1. The SMILES string of the molecule is N#CC(NC(=O)C1CC1c1ccc(F)cc1)=C(Cl)Cl. The zero-order valence-electron chi connectivity index (χ0n) is 9.66. The first-order valence-electron chi connectivity index (χ1n) is 5.54. The van der Waals surface area contributed by atoms with Crippen molar-refractivity contribution in [2.24, 2.45) is 5.92 Å². The Hall–Kier alpha value is -1.57. The number of nitriles is 1. The van der Waals surface area contributed by atoms with Crippen LogP contribution in [0.5, 0.6) is 0 Å². The van der Waals surface area contributed by atoms with Gasteiger partial charge in [0.05, 0.1) is 0 Å². The summed E-state index contributed by atoms with van der Waals surface area (Å²) in [6, 6.07) is 7.74. The molecule has 3 nitrogen and oxygen atoms in total. The summed E-state index contributed by atoms with van der Waals surface area (Å²) in [5, 5.41) is 11.1. The van der Waals surface area contributed by atoms with Gasteiger partial charge in [-0.2, -0.15) is 5.26 Å². The second kappa shape index (κ2) is 5.60. The molecule has 1 aromatic rings. The Labute approximate surface area is 119 Å². The molecule has 19 heavy (non-hydrogen) atoms. The average molecular weight is 299 g/mol. The van der Waals surface area contributed by atoms with Crippen LogP contribution in [0.25, 0.3) is 0 Å². The van der Waals surface area contributed by atoms with E-state index in [2.05, 4.69) is 5.32 Å². The Bertz CT molecular complexity index is 573. The molecule has 1 aromatic carbocycles. The average Bonchev–Trinajstić information content (AvgIpc) is 3.16. The maximum Gasteiger partial charge on any atom is 0.228 e. The normalized spacial score (nSPS) is 20.3. The fourth-order valence-electron chi connectivity index (χ4n) is 1.90. The van der Waals surface area contributed by atoms with Crippen LogP contribution in [0.1, 0.15) is 17.9 Å². The number of benzene rings is 1. The first kappa shape index (κ1) is 13.9. The molecule has 0 saturated heterocycles. The Morgan fingerprint density at radius 1 is 1.37 bits per heavy atom. The molecule has 1 aliphatic rings. The van der Waals surface area contributed by atoms with Gasteiger partial charge in [0.25, 0.3) is 0 Å². The van der Waals surface area contributed by atoms with Crippen LogP contribution >= 0.6 is 23.2 Å². The van der Waals surface area contributed by atoms with Gasteiger partial charge in [0.2, 0.25) is 5.91 Å². The molecule has 2 atom stereocenters. The second-order valence-electron chi connectivity index (χ2n) is 4.24. The van der Waals surface area contributed by atoms with E-state index in [9.17, 15) is 9.18 Å². The first-order chi connectivity index (χ1) is 9.02. The largest absolute Gasteiger partial charge is 0.315 e. The predicted molar refractivity (Wildman–Crippen MR) is 69.7 cm³/mol. The molecule has 1 aliphatic carbocycles. The standard InChI is InChI=1S/C13H9Cl2FN2O/c14-12(15)11(6-17)18-13(19)10-5-9(10)7-1-3-8(16)4-2-7/h1-4,9-10H,5H2,(H,18,19). The molecule has 1 saturated carbocycles. The van der Waals surface area contributed by atoms with E-state index in [-0.39, 0.29) is 33.7 Å². The van der Waals surface area contributed by atoms with Gasteiger partial charge in [-0.25, -0.2) is 4.39 Å². The maximum absolute atomic E-state index is 12.8. The van der Waals surface area contributed by atoms with Gasteiger partial charge < -0.3 is 5.32 Å². The number of nitrogens with zero attached hydrogens (tertiary/aromatic N) is 1. The van der Waals surface area contributed by atoms with E-state index >= 15 is 0 Å². The van der Waals surface area contributed by atoms with Crippen LogP contribution in [-0.2, 0) is 4.79 Å². The van der Waals surface area contributed by atoms with Gasteiger partial charge in [0.1, 0.15) is 16.4 Å². The van der Waals surface area contributed by atoms with Crippen molar-refractivity contribution in [3.8, 4) is 6.07 Å². The van der Waals surface area contributed by atoms with Crippen molar-refractivity contribution in [3.05, 3.63) is 45.8 Å². The van der Waals surface area contributed by atoms with Gasteiger partial charge in [-0.3, -0.25) is 4.79 Å². The number of carbonyl (C=O) groups excluding carboxylic acids is 1. The molecular formula is C13H9Cl2FN2O. The molecule has 1 N–H and O–H groups in total. The van der Waals surface area contributed by atoms with Crippen molar-refractivity contribution >= 4 is 29.1 Å². The minimum absolute atomic E-state index is 0.0506. The maximum atomic E-state index is 12.8. The van der Waals surface area contributed by atoms with Crippen LogP contribution in [0.15, 0.2) is 34.5 Å². The first-order valence-corrected chi connectivity index (χ1v) is 6.30. The highest BCUT2D eigenvalue weighted by Gasteiger charge is 2.44. The van der Waals surface area contributed by atoms with Gasteiger partial charge in [-0.05, 0) is 30.0 Å². The Morgan fingerprint density at radius 2 is 2.00 bits per heavy atom. The van der Waals surface area contributed by atoms with Crippen molar-refractivity contribution in [3.63, 3.8) is 0 Å². The van der Waals surface area contributed by atoms with Crippen molar-refractivity contribution in [1.82, 2.24) is 5.32 Å². The molecule has 0 spiro atoms. The van der Waals surface area contributed by atoms with Crippen molar-refractivity contribution in [2.75, 3.05) is 0 Å². The molecule has 0 bridgehead atoms. The number of halogens is 3. The van der Waals surface area contributed by atoms with E-state index in [0.717, 1.165) is 5.56 Å². The topological polar surface area (TPSA) is 52.9 Å². The number of allylic oxidation sites excluding steroid dienone is 1. The highest BCUT2D eigenvalue weighted by molar-refractivity contribution is 6.56. The molecular weight excluding hydrogens is 290 g/mol. The Morgan fingerprint density at radius 3 is 2.53 bits per heavy atom. The van der Waals surface area contributed by atoms with E-state index in [1.807, 2.05) is 0 Å². The third kappa shape index (κ3) is 3.25. The lowest BCUT2D eigenvalue weighted by Crippen LogP contribution is -2.24. The molecule has 98 valence electrons. The molecule has 2 unspecified atom stereocenters. The van der Waals surface area contributed by atoms with E-state index in [1.54, 1.807) is 18.2 Å². The van der Waals surface area contributed by atoms with Crippen molar-refractivity contribution in [1.29, 1.82) is 5.26 Å². The van der Waals surface area contributed by atoms with Gasteiger partial charge in [-0.1, -0.05) is 35.3 Å². The molecule has 0 radical (unpaired) electrons. The quantitative estimate of drug-likeness (QED) is 0.871. The van der Waals surface area contributed by atoms with Crippen LogP contribution in [0.4, 0.5) is 4.39 Å². The Kier molecular flexibility index (Phi) is 4.08. The van der Waals surface area contributed by atoms with E-state index < -0.39 is 0 Å². The van der Waals surface area contributed by atoms with Crippen molar-refractivity contribution in [2.45, 2.75) is 12.3 Å². The molecule has 0 aromatic heterocycles. The summed E-state index contributed by atoms with van der Waals surface area (Å²) in [6.07, 6.45) is 0.663. The third-order valence-electron chi connectivity index (χ3n) is 2.97. The molecule has 6 heteroatoms. The van der Waals surface area contributed by atoms with Crippen LogP contribution < -0.4 is 5.32 Å². The molecule has 1 amide bonds. The van der Waals surface area contributed by atoms with Crippen LogP contribution in [0.2, 0.25) is 0 Å². The summed E-state index contributed by atoms with van der Waals surface area (Å²) < 4.78 is 12.5. The monoisotopic (exact) mass is 298 g/mol. The summed E-state index contributed by atoms with van der Waals surface area (Å²) in [6.45, 7) is 0. The van der Waals surface area contributed by atoms with Crippen molar-refractivity contribution < 1.29 is 9.18 Å². The molecule has 0 aliphatic heterocycles. The van der Waals surface area contributed by atoms with Gasteiger partial charge in [-0.15, -0.1) is 0 Å². The number of hydrogen-bond acceptors (Lipinski definition) is 2. The smallest absolute Gasteiger partial charge is 0.228 e. The number of nitrogens with one attached hydrogen (secondary N) is 1. The Balaban J connectivity index is 2.00. The summed E-state index contributed by atoms with van der Waals surface area (Å²) in [7, 11) is 0. The summed E-state index contributed by atoms with van der Waals surface area (Å²) >= 11 is 10.9. The summed E-state index contributed by atoms with van der Waals surface area (Å²) in [4.78, 5) is 11.8. The molecule has 0 heterocycles. The minimum atomic E-state index is -0.311. The minimum Gasteiger partial charge on any atom is -0.315 e. The van der Waals surface area contributed by atoms with Crippen LogP contribution in [-0.4, -0.2) is 5.91 Å². The lowest BCUT2D eigenvalue weighted by molar-refractivity contribution is -0.121. The van der Waals surface area contributed by atoms with E-state index in [4.69, 9.17) is 28.5 Å². The highest BCUT2D eigenvalue weighted by atomic mass is 35.5. The summed E-state index contributed by atoms with van der Waals surface area (Å²) in [5.74, 6) is -0.796. The molecule has 2 rings (SSSR count). The van der Waals surface area contributed by atoms with Gasteiger partial charge in [0, 0.05) is 5.92 Å². The predicted octanol–water partition coefficient (Wildman–Crippen LogP) is 3.22. The summed E-state index contributed by atoms with van der Waals surface area (Å²) in [5.41, 5.74) is 0.749. The fourth-order valence-corrected chi connectivity index (χ4v) is 2.08. The second-order valence-corrected chi connectivity index (χ2v) is 5.19. The van der Waals surface area contributed by atoms with Gasteiger partial charge in [0.15, 0.2) is 5.70 Å². The third-order valence-corrected chi connectivity index (χ3v) is 3.35. The fraction of sp³-hybridized carbons (Fsp3) is 0.231. The van der Waals surface area contributed by atoms with Gasteiger partial charge >= 0.3 is 0 Å². The highest BCUT2D eigenvalue weighted by Crippen LogP contribution is 2.47. The van der Waals surface area contributed by atoms with E-state index in [0.29, 0.717) is 6.42 Å². The van der Waals surface area contributed by atoms with Crippen LogP contribution in [0.3, 0.4) is 0 Å². The van der Waals surface area contributed by atoms with E-state index in [1.165, 1.54) is 12.1 Å². The lowest BCUT2D eigenvalue weighted by atomic mass is 10.1. The number of hydrogen-bond donors (Lipinski definition) is 1. The zero-order chi connectivity index (χ0) is 14.0. The number of amides is 1. The lowest BCUT2D eigenvalue weighted by Gasteiger charge is -2.03. The van der Waals surface area contributed by atoms with Crippen LogP contribution in [0, 0.1) is 23.1 Å². The number of rotatable bonds is 3. The molecule has 1 fully saturated rings. The zero-order valence-corrected chi connectivity index (χ0v) is 11.2.